The number of rotatable bonds is 5. The Bertz CT molecular complexity index is 395. The van der Waals surface area contributed by atoms with Crippen molar-refractivity contribution < 1.29 is 4.79 Å². The van der Waals surface area contributed by atoms with Crippen LogP contribution < -0.4 is 10.6 Å². The van der Waals surface area contributed by atoms with Crippen molar-refractivity contribution in [2.75, 3.05) is 18.9 Å². The molecule has 0 aromatic carbocycles. The zero-order valence-electron chi connectivity index (χ0n) is 10.2. The van der Waals surface area contributed by atoms with Crippen LogP contribution in [0.2, 0.25) is 0 Å². The summed E-state index contributed by atoms with van der Waals surface area (Å²) in [6, 6.07) is 1.80. The van der Waals surface area contributed by atoms with Gasteiger partial charge in [-0.1, -0.05) is 13.8 Å². The van der Waals surface area contributed by atoms with Crippen molar-refractivity contribution in [2.45, 2.75) is 26.2 Å². The maximum absolute atomic E-state index is 11.1. The van der Waals surface area contributed by atoms with Gasteiger partial charge < -0.3 is 10.6 Å². The summed E-state index contributed by atoms with van der Waals surface area (Å²) in [6.45, 7) is 4.63. The van der Waals surface area contributed by atoms with Crippen molar-refractivity contribution >= 4 is 27.7 Å². The Balaban J connectivity index is 2.62. The van der Waals surface area contributed by atoms with Crippen LogP contribution in [0.1, 0.15) is 32.0 Å². The van der Waals surface area contributed by atoms with Crippen molar-refractivity contribution in [1.29, 1.82) is 0 Å². The molecule has 1 aromatic rings. The van der Waals surface area contributed by atoms with Gasteiger partial charge in [-0.25, -0.2) is 9.97 Å². The maximum Gasteiger partial charge on any atom is 0.221 e. The fourth-order valence-corrected chi connectivity index (χ4v) is 1.61. The highest BCUT2D eigenvalue weighted by atomic mass is 79.9. The summed E-state index contributed by atoms with van der Waals surface area (Å²) in [6.07, 6.45) is 0.426. The molecule has 0 aliphatic rings. The SMILES string of the molecule is CNC(=O)CCNc1cc(Br)nc(C(C)C)n1. The maximum atomic E-state index is 11.1. The third-order valence-corrected chi connectivity index (χ3v) is 2.57. The van der Waals surface area contributed by atoms with Crippen LogP contribution in [0.3, 0.4) is 0 Å². The second-order valence-corrected chi connectivity index (χ2v) is 4.75. The van der Waals surface area contributed by atoms with E-state index in [4.69, 9.17) is 0 Å². The van der Waals surface area contributed by atoms with Gasteiger partial charge in [0.1, 0.15) is 16.2 Å². The van der Waals surface area contributed by atoms with Gasteiger partial charge in [-0.15, -0.1) is 0 Å². The van der Waals surface area contributed by atoms with Crippen molar-refractivity contribution in [1.82, 2.24) is 15.3 Å². The number of carbonyl (C=O) groups is 1. The van der Waals surface area contributed by atoms with E-state index in [1.54, 1.807) is 13.1 Å². The summed E-state index contributed by atoms with van der Waals surface area (Å²) in [5.41, 5.74) is 0. The Morgan fingerprint density at radius 1 is 1.47 bits per heavy atom. The average molecular weight is 301 g/mol. The largest absolute Gasteiger partial charge is 0.369 e. The van der Waals surface area contributed by atoms with Gasteiger partial charge in [0.05, 0.1) is 0 Å². The molecule has 1 amide bonds. The molecule has 6 heteroatoms. The highest BCUT2D eigenvalue weighted by Gasteiger charge is 2.06. The first-order valence-corrected chi connectivity index (χ1v) is 6.31. The molecule has 94 valence electrons. The molecule has 0 fully saturated rings. The molecule has 0 saturated carbocycles. The van der Waals surface area contributed by atoms with Gasteiger partial charge in [-0.2, -0.15) is 0 Å². The number of amides is 1. The highest BCUT2D eigenvalue weighted by molar-refractivity contribution is 9.10. The molecular weight excluding hydrogens is 284 g/mol. The normalized spacial score (nSPS) is 10.4. The zero-order valence-corrected chi connectivity index (χ0v) is 11.8. The minimum atomic E-state index is 0.00899. The molecule has 0 aliphatic heterocycles. The van der Waals surface area contributed by atoms with Crippen LogP contribution in [0.25, 0.3) is 0 Å². The minimum Gasteiger partial charge on any atom is -0.369 e. The van der Waals surface area contributed by atoms with Gasteiger partial charge in [-0.05, 0) is 15.9 Å². The number of nitrogens with zero attached hydrogens (tertiary/aromatic N) is 2. The van der Waals surface area contributed by atoms with E-state index >= 15 is 0 Å². The predicted octanol–water partition coefficient (Wildman–Crippen LogP) is 1.91. The van der Waals surface area contributed by atoms with Gasteiger partial charge in [0.25, 0.3) is 0 Å². The third-order valence-electron chi connectivity index (χ3n) is 2.17. The number of hydrogen-bond donors (Lipinski definition) is 2. The number of halogens is 1. The van der Waals surface area contributed by atoms with Crippen molar-refractivity contribution in [3.63, 3.8) is 0 Å². The molecule has 0 saturated heterocycles. The fraction of sp³-hybridized carbons (Fsp3) is 0.545. The first-order chi connectivity index (χ1) is 8.02. The monoisotopic (exact) mass is 300 g/mol. The smallest absolute Gasteiger partial charge is 0.221 e. The summed E-state index contributed by atoms with van der Waals surface area (Å²) in [5.74, 6) is 1.79. The summed E-state index contributed by atoms with van der Waals surface area (Å²) < 4.78 is 0.749. The van der Waals surface area contributed by atoms with E-state index in [9.17, 15) is 4.79 Å². The Morgan fingerprint density at radius 3 is 2.76 bits per heavy atom. The van der Waals surface area contributed by atoms with Gasteiger partial charge in [0.2, 0.25) is 5.91 Å². The van der Waals surface area contributed by atoms with E-state index in [0.717, 1.165) is 16.2 Å². The lowest BCUT2D eigenvalue weighted by Gasteiger charge is -2.09. The lowest BCUT2D eigenvalue weighted by molar-refractivity contribution is -0.120. The summed E-state index contributed by atoms with van der Waals surface area (Å²) in [5, 5.41) is 5.68. The second kappa shape index (κ2) is 6.54. The predicted molar refractivity (Wildman–Crippen MR) is 71.0 cm³/mol. The summed E-state index contributed by atoms with van der Waals surface area (Å²) in [4.78, 5) is 19.7. The van der Waals surface area contributed by atoms with Crippen LogP contribution >= 0.6 is 15.9 Å². The van der Waals surface area contributed by atoms with Crippen molar-refractivity contribution in [2.24, 2.45) is 0 Å². The quantitative estimate of drug-likeness (QED) is 0.815. The van der Waals surface area contributed by atoms with E-state index in [0.29, 0.717) is 13.0 Å². The minimum absolute atomic E-state index is 0.00899. The first-order valence-electron chi connectivity index (χ1n) is 5.52. The van der Waals surface area contributed by atoms with Crippen LogP contribution in [0.4, 0.5) is 5.82 Å². The Morgan fingerprint density at radius 2 is 2.18 bits per heavy atom. The second-order valence-electron chi connectivity index (χ2n) is 3.94. The lowest BCUT2D eigenvalue weighted by atomic mass is 10.2. The summed E-state index contributed by atoms with van der Waals surface area (Å²) >= 11 is 3.35. The van der Waals surface area contributed by atoms with E-state index < -0.39 is 0 Å². The molecule has 0 spiro atoms. The van der Waals surface area contributed by atoms with E-state index in [1.807, 2.05) is 13.8 Å². The molecule has 17 heavy (non-hydrogen) atoms. The van der Waals surface area contributed by atoms with Crippen LogP contribution in [0, 0.1) is 0 Å². The summed E-state index contributed by atoms with van der Waals surface area (Å²) in [7, 11) is 1.63. The van der Waals surface area contributed by atoms with Gasteiger partial charge >= 0.3 is 0 Å². The Kier molecular flexibility index (Phi) is 5.34. The van der Waals surface area contributed by atoms with Crippen LogP contribution in [-0.2, 0) is 4.79 Å². The molecule has 1 aromatic heterocycles. The molecule has 0 radical (unpaired) electrons. The number of carbonyl (C=O) groups excluding carboxylic acids is 1. The fourth-order valence-electron chi connectivity index (χ4n) is 1.21. The molecule has 1 heterocycles. The van der Waals surface area contributed by atoms with Gasteiger partial charge in [-0.3, -0.25) is 4.79 Å². The van der Waals surface area contributed by atoms with E-state index in [1.165, 1.54) is 0 Å². The van der Waals surface area contributed by atoms with Crippen molar-refractivity contribution in [3.8, 4) is 0 Å². The van der Waals surface area contributed by atoms with Crippen LogP contribution in [0.5, 0.6) is 0 Å². The van der Waals surface area contributed by atoms with Gasteiger partial charge in [0.15, 0.2) is 0 Å². The number of anilines is 1. The molecule has 5 nitrogen and oxygen atoms in total. The standard InChI is InChI=1S/C11H17BrN4O/c1-7(2)11-15-8(12)6-9(16-11)14-5-4-10(17)13-3/h6-7H,4-5H2,1-3H3,(H,13,17)(H,14,15,16). The molecule has 0 bridgehead atoms. The first kappa shape index (κ1) is 13.9. The third kappa shape index (κ3) is 4.68. The van der Waals surface area contributed by atoms with Crippen molar-refractivity contribution in [3.05, 3.63) is 16.5 Å². The van der Waals surface area contributed by atoms with Gasteiger partial charge in [0, 0.05) is 32.0 Å². The zero-order chi connectivity index (χ0) is 12.8. The highest BCUT2D eigenvalue weighted by Crippen LogP contribution is 2.17. The van der Waals surface area contributed by atoms with Crippen LogP contribution in [-0.4, -0.2) is 29.5 Å². The average Bonchev–Trinajstić information content (AvgIpc) is 2.28. The molecule has 0 aliphatic carbocycles. The molecule has 0 atom stereocenters. The van der Waals surface area contributed by atoms with Crippen LogP contribution in [0.15, 0.2) is 10.7 Å². The topological polar surface area (TPSA) is 66.9 Å². The number of aromatic nitrogens is 2. The molecule has 1 rings (SSSR count). The Labute approximate surface area is 110 Å². The van der Waals surface area contributed by atoms with E-state index in [-0.39, 0.29) is 11.8 Å². The Hall–Kier alpha value is -1.17. The van der Waals surface area contributed by atoms with E-state index in [2.05, 4.69) is 36.5 Å². The number of hydrogen-bond acceptors (Lipinski definition) is 4. The molecular formula is C11H17BrN4O. The number of nitrogens with one attached hydrogen (secondary N) is 2. The molecule has 2 N–H and O–H groups in total. The molecule has 0 unspecified atom stereocenters. The lowest BCUT2D eigenvalue weighted by Crippen LogP contribution is -2.21.